The van der Waals surface area contributed by atoms with Crippen molar-refractivity contribution in [3.8, 4) is 0 Å². The van der Waals surface area contributed by atoms with E-state index in [1.165, 1.54) is 0 Å². The lowest BCUT2D eigenvalue weighted by Gasteiger charge is -2.26. The third-order valence-electron chi connectivity index (χ3n) is 2.67. The number of carboxylic acids is 1. The van der Waals surface area contributed by atoms with Crippen molar-refractivity contribution in [3.63, 3.8) is 0 Å². The first kappa shape index (κ1) is 15.4. The Morgan fingerprint density at radius 1 is 1.37 bits per heavy atom. The third-order valence-corrected chi connectivity index (χ3v) is 2.91. The summed E-state index contributed by atoms with van der Waals surface area (Å²) < 4.78 is 0. The summed E-state index contributed by atoms with van der Waals surface area (Å²) in [5, 5.41) is 24.4. The van der Waals surface area contributed by atoms with Crippen LogP contribution in [-0.2, 0) is 4.79 Å². The Morgan fingerprint density at radius 3 is 2.53 bits per heavy atom. The first-order valence-electron chi connectivity index (χ1n) is 5.88. The molecule has 6 heteroatoms. The van der Waals surface area contributed by atoms with Gasteiger partial charge < -0.3 is 20.8 Å². The number of aliphatic hydroxyl groups is 1. The van der Waals surface area contributed by atoms with Crippen LogP contribution in [0, 0.1) is 5.41 Å². The van der Waals surface area contributed by atoms with Gasteiger partial charge in [0.1, 0.15) is 0 Å². The van der Waals surface area contributed by atoms with Crippen molar-refractivity contribution >= 4 is 29.0 Å². The molecular weight excluding hydrogens is 264 g/mol. The lowest BCUT2D eigenvalue weighted by molar-refractivity contribution is -0.140. The zero-order valence-corrected chi connectivity index (χ0v) is 11.5. The monoisotopic (exact) mass is 282 g/mol. The summed E-state index contributed by atoms with van der Waals surface area (Å²) in [5.74, 6) is -0.944. The lowest BCUT2D eigenvalue weighted by atomic mass is 9.88. The van der Waals surface area contributed by atoms with E-state index >= 15 is 0 Å². The van der Waals surface area contributed by atoms with Crippen LogP contribution >= 0.6 is 12.2 Å². The number of aliphatic hydroxyl groups excluding tert-OH is 1. The Kier molecular flexibility index (Phi) is 5.72. The molecule has 0 aliphatic rings. The van der Waals surface area contributed by atoms with Gasteiger partial charge in [-0.25, -0.2) is 0 Å². The molecule has 19 heavy (non-hydrogen) atoms. The van der Waals surface area contributed by atoms with E-state index in [0.717, 1.165) is 5.69 Å². The summed E-state index contributed by atoms with van der Waals surface area (Å²) in [6.07, 6.45) is -0.121. The van der Waals surface area contributed by atoms with E-state index in [1.807, 2.05) is 30.3 Å². The average Bonchev–Trinajstić information content (AvgIpc) is 2.37. The van der Waals surface area contributed by atoms with Crippen LogP contribution < -0.4 is 10.6 Å². The van der Waals surface area contributed by atoms with E-state index in [1.54, 1.807) is 6.92 Å². The maximum Gasteiger partial charge on any atom is 0.304 e. The van der Waals surface area contributed by atoms with Crippen molar-refractivity contribution in [2.24, 2.45) is 5.41 Å². The molecule has 0 saturated heterocycles. The highest BCUT2D eigenvalue weighted by Gasteiger charge is 2.26. The topological polar surface area (TPSA) is 81.6 Å². The van der Waals surface area contributed by atoms with Crippen LogP contribution in [-0.4, -0.2) is 34.4 Å². The fourth-order valence-corrected chi connectivity index (χ4v) is 1.72. The van der Waals surface area contributed by atoms with E-state index in [9.17, 15) is 9.90 Å². The molecule has 0 aliphatic carbocycles. The fraction of sp³-hybridized carbons (Fsp3) is 0.385. The van der Waals surface area contributed by atoms with E-state index in [4.69, 9.17) is 17.3 Å². The summed E-state index contributed by atoms with van der Waals surface area (Å²) in [4.78, 5) is 10.7. The molecule has 1 atom stereocenters. The number of hydrogen-bond donors (Lipinski definition) is 4. The summed E-state index contributed by atoms with van der Waals surface area (Å²) in [6.45, 7) is 1.76. The molecule has 0 spiro atoms. The number of hydrogen-bond acceptors (Lipinski definition) is 3. The van der Waals surface area contributed by atoms with Crippen molar-refractivity contribution in [3.05, 3.63) is 30.3 Å². The van der Waals surface area contributed by atoms with Gasteiger partial charge in [-0.2, -0.15) is 0 Å². The molecule has 0 saturated carbocycles. The van der Waals surface area contributed by atoms with Gasteiger partial charge in [0, 0.05) is 17.6 Å². The summed E-state index contributed by atoms with van der Waals surface area (Å²) in [7, 11) is 0. The van der Waals surface area contributed by atoms with Crippen LogP contribution in [0.25, 0.3) is 0 Å². The first-order chi connectivity index (χ1) is 8.95. The molecular formula is C13H18N2O3S. The molecule has 1 unspecified atom stereocenters. The van der Waals surface area contributed by atoms with Crippen LogP contribution in [0.15, 0.2) is 30.3 Å². The van der Waals surface area contributed by atoms with Gasteiger partial charge in [0.25, 0.3) is 0 Å². The molecule has 1 aromatic carbocycles. The number of nitrogens with one attached hydrogen (secondary N) is 2. The zero-order valence-electron chi connectivity index (χ0n) is 10.7. The average molecular weight is 282 g/mol. The van der Waals surface area contributed by atoms with Crippen LogP contribution in [0.1, 0.15) is 13.3 Å². The zero-order chi connectivity index (χ0) is 14.3. The van der Waals surface area contributed by atoms with Crippen molar-refractivity contribution in [1.29, 1.82) is 0 Å². The van der Waals surface area contributed by atoms with Crippen LogP contribution in [0.5, 0.6) is 0 Å². The fourth-order valence-electron chi connectivity index (χ4n) is 1.53. The Balaban J connectivity index is 2.46. The van der Waals surface area contributed by atoms with E-state index < -0.39 is 11.4 Å². The van der Waals surface area contributed by atoms with E-state index in [0.29, 0.717) is 5.11 Å². The lowest BCUT2D eigenvalue weighted by Crippen LogP contribution is -2.41. The molecule has 0 aromatic heterocycles. The van der Waals surface area contributed by atoms with Crippen molar-refractivity contribution in [1.82, 2.24) is 5.32 Å². The smallest absolute Gasteiger partial charge is 0.304 e. The molecule has 4 N–H and O–H groups in total. The van der Waals surface area contributed by atoms with Gasteiger partial charge in [-0.1, -0.05) is 25.1 Å². The second-order valence-corrected chi connectivity index (χ2v) is 5.12. The SMILES string of the molecule is CC(CO)(CNC(=S)Nc1ccccc1)CC(=O)O. The Bertz CT molecular complexity index is 439. The van der Waals surface area contributed by atoms with Crippen molar-refractivity contribution in [2.75, 3.05) is 18.5 Å². The Hall–Kier alpha value is -1.66. The van der Waals surface area contributed by atoms with Crippen molar-refractivity contribution < 1.29 is 15.0 Å². The molecule has 0 radical (unpaired) electrons. The van der Waals surface area contributed by atoms with Gasteiger partial charge in [-0.05, 0) is 24.4 Å². The van der Waals surface area contributed by atoms with Crippen molar-refractivity contribution in [2.45, 2.75) is 13.3 Å². The third kappa shape index (κ3) is 5.67. The van der Waals surface area contributed by atoms with Gasteiger partial charge in [0.05, 0.1) is 13.0 Å². The number of carbonyl (C=O) groups is 1. The molecule has 5 nitrogen and oxygen atoms in total. The summed E-state index contributed by atoms with van der Waals surface area (Å²) in [6, 6.07) is 9.41. The minimum atomic E-state index is -0.944. The molecule has 0 aliphatic heterocycles. The highest BCUT2D eigenvalue weighted by Crippen LogP contribution is 2.19. The summed E-state index contributed by atoms with van der Waals surface area (Å²) in [5.41, 5.74) is 0.109. The minimum Gasteiger partial charge on any atom is -0.481 e. The number of thiocarbonyl (C=S) groups is 1. The highest BCUT2D eigenvalue weighted by atomic mass is 32.1. The molecule has 0 heterocycles. The van der Waals surface area contributed by atoms with E-state index in [2.05, 4.69) is 10.6 Å². The number of aliphatic carboxylic acids is 1. The molecule has 0 bridgehead atoms. The van der Waals surface area contributed by atoms with Gasteiger partial charge in [0.15, 0.2) is 5.11 Å². The number of benzene rings is 1. The highest BCUT2D eigenvalue weighted by molar-refractivity contribution is 7.80. The number of rotatable bonds is 6. The summed E-state index contributed by atoms with van der Waals surface area (Å²) >= 11 is 5.11. The maximum atomic E-state index is 10.7. The first-order valence-corrected chi connectivity index (χ1v) is 6.28. The predicted molar refractivity (Wildman–Crippen MR) is 78.1 cm³/mol. The number of carboxylic acid groups (broad SMARTS) is 1. The molecule has 0 fully saturated rings. The van der Waals surface area contributed by atoms with Crippen LogP contribution in [0.4, 0.5) is 5.69 Å². The number of anilines is 1. The standard InChI is InChI=1S/C13H18N2O3S/c1-13(9-16,7-11(17)18)8-14-12(19)15-10-5-3-2-4-6-10/h2-6,16H,7-9H2,1H3,(H,17,18)(H2,14,15,19). The largest absolute Gasteiger partial charge is 0.481 e. The quantitative estimate of drug-likeness (QED) is 0.591. The van der Waals surface area contributed by atoms with Crippen LogP contribution in [0.3, 0.4) is 0 Å². The van der Waals surface area contributed by atoms with Gasteiger partial charge in [0.2, 0.25) is 0 Å². The molecule has 104 valence electrons. The molecule has 1 rings (SSSR count). The number of para-hydroxylation sites is 1. The van der Waals surface area contributed by atoms with Crippen LogP contribution in [0.2, 0.25) is 0 Å². The minimum absolute atomic E-state index is 0.121. The Morgan fingerprint density at radius 2 is 2.00 bits per heavy atom. The normalized spacial score (nSPS) is 13.4. The predicted octanol–water partition coefficient (Wildman–Crippen LogP) is 1.45. The van der Waals surface area contributed by atoms with Gasteiger partial charge >= 0.3 is 5.97 Å². The Labute approximate surface area is 117 Å². The second-order valence-electron chi connectivity index (χ2n) is 4.71. The van der Waals surface area contributed by atoms with Gasteiger partial charge in [-0.3, -0.25) is 4.79 Å². The van der Waals surface area contributed by atoms with E-state index in [-0.39, 0.29) is 19.6 Å². The second kappa shape index (κ2) is 7.06. The molecule has 0 amide bonds. The molecule has 1 aromatic rings. The maximum absolute atomic E-state index is 10.7. The van der Waals surface area contributed by atoms with Gasteiger partial charge in [-0.15, -0.1) is 0 Å².